The molecule has 5 N–H and O–H groups in total. The summed E-state index contributed by atoms with van der Waals surface area (Å²) in [5.74, 6) is -10.2. The number of carbonyl (C=O) groups is 4. The predicted octanol–water partition coefficient (Wildman–Crippen LogP) is 0.0565. The van der Waals surface area contributed by atoms with E-state index in [0.717, 1.165) is 0 Å². The second-order valence-electron chi connectivity index (χ2n) is 9.99. The van der Waals surface area contributed by atoms with Gasteiger partial charge in [-0.25, -0.2) is 14.4 Å². The number of hydrogen-bond donors (Lipinski definition) is 5. The minimum Gasteiger partial charge on any atom is -0.505 e. The van der Waals surface area contributed by atoms with Crippen LogP contribution in [0.5, 0.6) is 5.75 Å². The van der Waals surface area contributed by atoms with E-state index in [2.05, 4.69) is 25.9 Å². The molecule has 0 bridgehead atoms. The third-order valence-corrected chi connectivity index (χ3v) is 6.73. The Morgan fingerprint density at radius 1 is 1.12 bits per heavy atom. The minimum atomic E-state index is -1.76. The lowest BCUT2D eigenvalue weighted by molar-refractivity contribution is -0.175. The van der Waals surface area contributed by atoms with Crippen LogP contribution in [0.3, 0.4) is 0 Å². The van der Waals surface area contributed by atoms with Crippen LogP contribution in [0, 0.1) is 36.3 Å². The molecule has 16 heteroatoms. The largest absolute Gasteiger partial charge is 0.505 e. The fourth-order valence-electron chi connectivity index (χ4n) is 4.05. The van der Waals surface area contributed by atoms with Crippen molar-refractivity contribution in [3.8, 4) is 5.75 Å². The molecule has 3 rings (SSSR count). The van der Waals surface area contributed by atoms with Gasteiger partial charge in [0.05, 0.1) is 37.7 Å². The Morgan fingerprint density at radius 2 is 1.81 bits per heavy atom. The molecule has 4 atom stereocenters. The number of aromatic nitrogens is 2. The summed E-state index contributed by atoms with van der Waals surface area (Å²) in [4.78, 5) is 58.7. The van der Waals surface area contributed by atoms with Crippen LogP contribution in [0.2, 0.25) is 0 Å². The highest BCUT2D eigenvalue weighted by atomic mass is 19.2. The van der Waals surface area contributed by atoms with Gasteiger partial charge in [0.2, 0.25) is 11.7 Å². The van der Waals surface area contributed by atoms with Gasteiger partial charge in [-0.3, -0.25) is 19.2 Å². The fourth-order valence-corrected chi connectivity index (χ4v) is 4.05. The molecule has 1 fully saturated rings. The average molecular weight is 612 g/mol. The van der Waals surface area contributed by atoms with E-state index in [1.165, 1.54) is 39.1 Å². The zero-order valence-electron chi connectivity index (χ0n) is 23.5. The number of hydrogen-bond acceptors (Lipinski definition) is 10. The van der Waals surface area contributed by atoms with E-state index in [1.54, 1.807) is 0 Å². The number of aromatic hydroxyl groups is 1. The predicted molar refractivity (Wildman–Crippen MR) is 141 cm³/mol. The van der Waals surface area contributed by atoms with E-state index in [1.807, 2.05) is 0 Å². The number of halogens is 3. The Bertz CT molecular complexity index is 1360. The molecule has 0 aromatic carbocycles. The average Bonchev–Trinajstić information content (AvgIpc) is 2.94. The van der Waals surface area contributed by atoms with E-state index in [0.29, 0.717) is 0 Å². The van der Waals surface area contributed by atoms with Crippen LogP contribution in [-0.2, 0) is 30.3 Å². The van der Waals surface area contributed by atoms with Gasteiger partial charge >= 0.3 is 5.97 Å². The van der Waals surface area contributed by atoms with Crippen LogP contribution in [0.4, 0.5) is 13.2 Å². The summed E-state index contributed by atoms with van der Waals surface area (Å²) in [6, 6.07) is -0.112. The van der Waals surface area contributed by atoms with Crippen LogP contribution >= 0.6 is 0 Å². The Balaban J connectivity index is 1.78. The highest BCUT2D eigenvalue weighted by molar-refractivity contribution is 5.98. The summed E-state index contributed by atoms with van der Waals surface area (Å²) in [7, 11) is 0. The van der Waals surface area contributed by atoms with Crippen LogP contribution in [-0.4, -0.2) is 88.4 Å². The smallest absolute Gasteiger partial charge is 0.311 e. The third-order valence-electron chi connectivity index (χ3n) is 6.73. The molecule has 0 aliphatic carbocycles. The van der Waals surface area contributed by atoms with Crippen molar-refractivity contribution in [1.29, 1.82) is 0 Å². The number of aliphatic hydroxyl groups is 1. The zero-order chi connectivity index (χ0) is 31.8. The second-order valence-corrected chi connectivity index (χ2v) is 9.99. The maximum Gasteiger partial charge on any atom is 0.311 e. The number of nitrogens with one attached hydrogen (secondary N) is 3. The highest BCUT2D eigenvalue weighted by Crippen LogP contribution is 2.20. The molecule has 1 saturated heterocycles. The zero-order valence-corrected chi connectivity index (χ0v) is 23.5. The van der Waals surface area contributed by atoms with Crippen molar-refractivity contribution in [2.75, 3.05) is 26.4 Å². The van der Waals surface area contributed by atoms with Gasteiger partial charge in [-0.1, -0.05) is 0 Å². The van der Waals surface area contributed by atoms with Crippen LogP contribution < -0.4 is 16.0 Å². The first kappa shape index (κ1) is 33.2. The molecule has 3 amide bonds. The molecule has 2 aromatic heterocycles. The number of nitrogens with zero attached hydrogens (tertiary/aromatic N) is 2. The molecule has 4 unspecified atom stereocenters. The fraction of sp³-hybridized carbons (Fsp3) is 0.481. The van der Waals surface area contributed by atoms with E-state index in [4.69, 9.17) is 9.47 Å². The second kappa shape index (κ2) is 14.7. The molecule has 1 aliphatic heterocycles. The van der Waals surface area contributed by atoms with E-state index >= 15 is 0 Å². The summed E-state index contributed by atoms with van der Waals surface area (Å²) < 4.78 is 51.7. The number of pyridine rings is 2. The lowest BCUT2D eigenvalue weighted by Crippen LogP contribution is -2.60. The SMILES string of the molecule is Cc1nc(F)c(F)c(F)c1CCNC(=O)C(NC(=O)c1ncccc1O)C(C)NC(=O)C(OC(=O)C(C)CO)C1COC1. The molecule has 0 saturated carbocycles. The van der Waals surface area contributed by atoms with E-state index in [9.17, 15) is 42.6 Å². The molecule has 1 aliphatic rings. The molecule has 0 radical (unpaired) electrons. The highest BCUT2D eigenvalue weighted by Gasteiger charge is 2.39. The van der Waals surface area contributed by atoms with Gasteiger partial charge in [0.25, 0.3) is 17.8 Å². The number of carbonyl (C=O) groups excluding carboxylic acids is 4. The summed E-state index contributed by atoms with van der Waals surface area (Å²) in [5.41, 5.74) is -0.817. The lowest BCUT2D eigenvalue weighted by Gasteiger charge is -2.34. The minimum absolute atomic E-state index is 0.113. The summed E-state index contributed by atoms with van der Waals surface area (Å²) in [6.45, 7) is 3.46. The van der Waals surface area contributed by atoms with Crippen molar-refractivity contribution in [3.63, 3.8) is 0 Å². The maximum absolute atomic E-state index is 14.3. The third kappa shape index (κ3) is 8.16. The maximum atomic E-state index is 14.3. The van der Waals surface area contributed by atoms with Crippen LogP contribution in [0.25, 0.3) is 0 Å². The van der Waals surface area contributed by atoms with Gasteiger partial charge < -0.3 is 35.6 Å². The van der Waals surface area contributed by atoms with E-state index < -0.39 is 89.3 Å². The van der Waals surface area contributed by atoms with E-state index in [-0.39, 0.29) is 37.4 Å². The van der Waals surface area contributed by atoms with Gasteiger partial charge in [-0.2, -0.15) is 8.78 Å². The van der Waals surface area contributed by atoms with Crippen LogP contribution in [0.15, 0.2) is 18.3 Å². The molecule has 2 aromatic rings. The van der Waals surface area contributed by atoms with Gasteiger partial charge in [0.1, 0.15) is 11.8 Å². The first-order valence-electron chi connectivity index (χ1n) is 13.3. The first-order valence-corrected chi connectivity index (χ1v) is 13.3. The molecular weight excluding hydrogens is 579 g/mol. The van der Waals surface area contributed by atoms with Crippen molar-refractivity contribution in [2.45, 2.75) is 45.4 Å². The Morgan fingerprint density at radius 3 is 2.42 bits per heavy atom. The molecule has 13 nitrogen and oxygen atoms in total. The van der Waals surface area contributed by atoms with Gasteiger partial charge in [0.15, 0.2) is 17.6 Å². The Labute approximate surface area is 244 Å². The standard InChI is InChI=1S/C27H32F3N5O8/c1-12(9-36)27(41)43-22(15-10-42-11-15)26(40)34-14(3)20(35-25(39)21-17(37)5-4-7-31-21)24(38)32-8-6-16-13(2)33-23(30)19(29)18(16)28/h4-5,7,12,14-15,20,22,36-37H,6,8-11H2,1-3H3,(H,32,38)(H,34,40)(H,35,39). The van der Waals surface area contributed by atoms with Crippen molar-refractivity contribution >= 4 is 23.7 Å². The number of aryl methyl sites for hydroxylation is 1. The normalized spacial score (nSPS) is 15.8. The quantitative estimate of drug-likeness (QED) is 0.153. The van der Waals surface area contributed by atoms with Crippen molar-refractivity contribution in [1.82, 2.24) is 25.9 Å². The molecule has 43 heavy (non-hydrogen) atoms. The number of esters is 1. The van der Waals surface area contributed by atoms with Gasteiger partial charge in [-0.15, -0.1) is 0 Å². The van der Waals surface area contributed by atoms with Crippen molar-refractivity contribution in [3.05, 3.63) is 52.9 Å². The Kier molecular flexibility index (Phi) is 11.4. The topological polar surface area (TPSA) is 189 Å². The summed E-state index contributed by atoms with van der Waals surface area (Å²) in [6.07, 6.45) is -0.392. The summed E-state index contributed by atoms with van der Waals surface area (Å²) >= 11 is 0. The number of aliphatic hydroxyl groups excluding tert-OH is 1. The number of rotatable bonds is 13. The van der Waals surface area contributed by atoms with Crippen molar-refractivity contribution in [2.24, 2.45) is 11.8 Å². The van der Waals surface area contributed by atoms with Gasteiger partial charge in [0, 0.05) is 24.0 Å². The monoisotopic (exact) mass is 611 g/mol. The van der Waals surface area contributed by atoms with Crippen LogP contribution in [0.1, 0.15) is 35.6 Å². The van der Waals surface area contributed by atoms with Gasteiger partial charge in [-0.05, 0) is 39.3 Å². The number of amides is 3. The van der Waals surface area contributed by atoms with Crippen molar-refractivity contribution < 1.29 is 52.0 Å². The molecule has 3 heterocycles. The Hall–Kier alpha value is -4.31. The molecule has 0 spiro atoms. The lowest BCUT2D eigenvalue weighted by atomic mass is 9.98. The molecular formula is C27H32F3N5O8. The number of ether oxygens (including phenoxy) is 2. The summed E-state index contributed by atoms with van der Waals surface area (Å²) in [5, 5.41) is 26.6. The first-order chi connectivity index (χ1) is 20.3. The molecule has 234 valence electrons.